The number of rotatable bonds is 2. The van der Waals surface area contributed by atoms with E-state index in [1.54, 1.807) is 5.32 Å². The number of epoxide rings is 1. The molecule has 1 amide bonds. The third kappa shape index (κ3) is 2.18. The first-order valence-electron chi connectivity index (χ1n) is 5.27. The highest BCUT2D eigenvalue weighted by atomic mass is 19.4. The fraction of sp³-hybridized carbons (Fsp3) is 0.889. The van der Waals surface area contributed by atoms with Gasteiger partial charge in [-0.2, -0.15) is 13.2 Å². The Kier molecular flexibility index (Phi) is 3.26. The minimum Gasteiger partial charge on any atom is -0.396 e. The van der Waals surface area contributed by atoms with Crippen molar-refractivity contribution in [1.29, 1.82) is 0 Å². The van der Waals surface area contributed by atoms with Gasteiger partial charge in [0.05, 0.1) is 24.9 Å². The number of hydrogen-bond acceptors (Lipinski definition) is 5. The maximum Gasteiger partial charge on any atom is 0.471 e. The largest absolute Gasteiger partial charge is 0.471 e. The van der Waals surface area contributed by atoms with E-state index in [4.69, 9.17) is 9.84 Å². The van der Waals surface area contributed by atoms with Crippen molar-refractivity contribution in [3.05, 3.63) is 0 Å². The minimum absolute atomic E-state index is 0.459. The summed E-state index contributed by atoms with van der Waals surface area (Å²) in [6.07, 6.45) is -9.59. The Bertz CT molecular complexity index is 350. The van der Waals surface area contributed by atoms with Crippen LogP contribution in [0.4, 0.5) is 13.2 Å². The van der Waals surface area contributed by atoms with Gasteiger partial charge in [0.2, 0.25) is 0 Å². The van der Waals surface area contributed by atoms with E-state index in [1.165, 1.54) is 0 Å². The topological polar surface area (TPSA) is 102 Å². The van der Waals surface area contributed by atoms with Crippen molar-refractivity contribution < 1.29 is 38.0 Å². The van der Waals surface area contributed by atoms with E-state index >= 15 is 0 Å². The summed E-state index contributed by atoms with van der Waals surface area (Å²) < 4.78 is 41.2. The number of hydrogen-bond donors (Lipinski definition) is 4. The number of alkyl halides is 3. The number of carbonyl (C=O) groups excluding carboxylic acids is 1. The van der Waals surface area contributed by atoms with Crippen molar-refractivity contribution in [3.8, 4) is 0 Å². The number of nitrogens with one attached hydrogen (secondary N) is 1. The SMILES string of the molecule is O=C(NC1C(O)C(O)C(CO)C2OC12)C(F)(F)F. The van der Waals surface area contributed by atoms with E-state index in [0.29, 0.717) is 0 Å². The predicted octanol–water partition coefficient (Wildman–Crippen LogP) is -1.86. The molecule has 0 spiro atoms. The van der Waals surface area contributed by atoms with Gasteiger partial charge in [-0.15, -0.1) is 0 Å². The molecule has 6 unspecified atom stereocenters. The zero-order chi connectivity index (χ0) is 13.7. The van der Waals surface area contributed by atoms with Gasteiger partial charge in [0.1, 0.15) is 12.2 Å². The summed E-state index contributed by atoms with van der Waals surface area (Å²) in [7, 11) is 0. The molecule has 0 aromatic carbocycles. The molecule has 1 saturated heterocycles. The van der Waals surface area contributed by atoms with Gasteiger partial charge in [0.25, 0.3) is 0 Å². The zero-order valence-electron chi connectivity index (χ0n) is 8.96. The fourth-order valence-corrected chi connectivity index (χ4v) is 2.24. The van der Waals surface area contributed by atoms with E-state index in [-0.39, 0.29) is 0 Å². The lowest BCUT2D eigenvalue weighted by Crippen LogP contribution is -2.60. The number of amides is 1. The first kappa shape index (κ1) is 13.5. The van der Waals surface area contributed by atoms with Crippen molar-refractivity contribution in [2.45, 2.75) is 36.6 Å². The molecule has 0 aromatic heterocycles. The van der Waals surface area contributed by atoms with Crippen LogP contribution >= 0.6 is 0 Å². The average Bonchev–Trinajstić information content (AvgIpc) is 3.03. The molecule has 1 aliphatic carbocycles. The lowest BCUT2D eigenvalue weighted by molar-refractivity contribution is -0.176. The highest BCUT2D eigenvalue weighted by Crippen LogP contribution is 2.41. The van der Waals surface area contributed by atoms with Crippen LogP contribution in [0.1, 0.15) is 0 Å². The Labute approximate surface area is 99.4 Å². The standard InChI is InChI=1S/C9H12F3NO5/c10-9(11,12)8(17)13-3-5(16)4(15)2(1-14)6-7(3)18-6/h2-7,14-16H,1H2,(H,13,17). The molecule has 2 aliphatic rings. The summed E-state index contributed by atoms with van der Waals surface area (Å²) in [5.41, 5.74) is 0. The molecule has 0 radical (unpaired) electrons. The quantitative estimate of drug-likeness (QED) is 0.441. The highest BCUT2D eigenvalue weighted by Gasteiger charge is 2.61. The molecule has 18 heavy (non-hydrogen) atoms. The Balaban J connectivity index is 2.05. The molecule has 1 saturated carbocycles. The molecule has 0 bridgehead atoms. The van der Waals surface area contributed by atoms with E-state index in [9.17, 15) is 28.2 Å². The summed E-state index contributed by atoms with van der Waals surface area (Å²) in [6.45, 7) is -0.459. The first-order valence-corrected chi connectivity index (χ1v) is 5.27. The summed E-state index contributed by atoms with van der Waals surface area (Å²) in [5.74, 6) is -2.96. The first-order chi connectivity index (χ1) is 8.27. The molecular formula is C9H12F3NO5. The summed E-state index contributed by atoms with van der Waals surface area (Å²) in [6, 6.07) is -1.33. The van der Waals surface area contributed by atoms with Crippen LogP contribution in [-0.4, -0.2) is 64.5 Å². The van der Waals surface area contributed by atoms with Gasteiger partial charge < -0.3 is 25.4 Å². The minimum atomic E-state index is -5.07. The van der Waals surface area contributed by atoms with Crippen LogP contribution in [0.5, 0.6) is 0 Å². The smallest absolute Gasteiger partial charge is 0.396 e. The molecule has 104 valence electrons. The van der Waals surface area contributed by atoms with E-state index in [0.717, 1.165) is 0 Å². The summed E-state index contributed by atoms with van der Waals surface area (Å²) >= 11 is 0. The third-order valence-electron chi connectivity index (χ3n) is 3.26. The molecule has 2 rings (SSSR count). The van der Waals surface area contributed by atoms with Crippen LogP contribution in [0.2, 0.25) is 0 Å². The van der Waals surface area contributed by atoms with Gasteiger partial charge >= 0.3 is 12.1 Å². The monoisotopic (exact) mass is 271 g/mol. The second kappa shape index (κ2) is 4.34. The predicted molar refractivity (Wildman–Crippen MR) is 49.2 cm³/mol. The number of aliphatic hydroxyl groups is 3. The molecule has 2 fully saturated rings. The normalized spacial score (nSPS) is 43.2. The molecule has 6 atom stereocenters. The molecular weight excluding hydrogens is 259 g/mol. The fourth-order valence-electron chi connectivity index (χ4n) is 2.24. The van der Waals surface area contributed by atoms with Gasteiger partial charge in [-0.1, -0.05) is 0 Å². The van der Waals surface area contributed by atoms with Crippen LogP contribution in [0, 0.1) is 5.92 Å². The summed E-state index contributed by atoms with van der Waals surface area (Å²) in [5, 5.41) is 29.8. The Morgan fingerprint density at radius 1 is 1.22 bits per heavy atom. The van der Waals surface area contributed by atoms with Crippen molar-refractivity contribution >= 4 is 5.91 Å². The Morgan fingerprint density at radius 3 is 2.33 bits per heavy atom. The number of aliphatic hydroxyl groups excluding tert-OH is 3. The highest BCUT2D eigenvalue weighted by molar-refractivity contribution is 5.82. The van der Waals surface area contributed by atoms with Crippen molar-refractivity contribution in [2.75, 3.05) is 6.61 Å². The number of fused-ring (bicyclic) bond motifs is 1. The number of ether oxygens (including phenoxy) is 1. The van der Waals surface area contributed by atoms with Crippen LogP contribution in [-0.2, 0) is 9.53 Å². The summed E-state index contributed by atoms with van der Waals surface area (Å²) in [4.78, 5) is 10.8. The molecule has 4 N–H and O–H groups in total. The van der Waals surface area contributed by atoms with Gasteiger partial charge in [0, 0.05) is 5.92 Å². The lowest BCUT2D eigenvalue weighted by atomic mass is 9.82. The van der Waals surface area contributed by atoms with Crippen LogP contribution < -0.4 is 5.32 Å². The van der Waals surface area contributed by atoms with Crippen molar-refractivity contribution in [2.24, 2.45) is 5.92 Å². The number of halogens is 3. The molecule has 1 heterocycles. The van der Waals surface area contributed by atoms with Crippen LogP contribution in [0.3, 0.4) is 0 Å². The Hall–Kier alpha value is -0.900. The van der Waals surface area contributed by atoms with Gasteiger partial charge in [-0.3, -0.25) is 4.79 Å². The molecule has 1 aliphatic heterocycles. The Morgan fingerprint density at radius 2 is 1.83 bits per heavy atom. The van der Waals surface area contributed by atoms with Crippen molar-refractivity contribution in [1.82, 2.24) is 5.32 Å². The lowest BCUT2D eigenvalue weighted by Gasteiger charge is -2.34. The number of carbonyl (C=O) groups is 1. The van der Waals surface area contributed by atoms with E-state index in [2.05, 4.69) is 0 Å². The van der Waals surface area contributed by atoms with E-state index in [1.807, 2.05) is 0 Å². The third-order valence-corrected chi connectivity index (χ3v) is 3.26. The van der Waals surface area contributed by atoms with Gasteiger partial charge in [-0.05, 0) is 0 Å². The second-order valence-electron chi connectivity index (χ2n) is 4.39. The maximum absolute atomic E-state index is 12.1. The second-order valence-corrected chi connectivity index (χ2v) is 4.39. The van der Waals surface area contributed by atoms with Crippen molar-refractivity contribution in [3.63, 3.8) is 0 Å². The maximum atomic E-state index is 12.1. The van der Waals surface area contributed by atoms with Crippen LogP contribution in [0.25, 0.3) is 0 Å². The molecule has 9 heteroatoms. The van der Waals surface area contributed by atoms with Gasteiger partial charge in [-0.25, -0.2) is 0 Å². The van der Waals surface area contributed by atoms with E-state index < -0.39 is 55.1 Å². The van der Waals surface area contributed by atoms with Gasteiger partial charge in [0.15, 0.2) is 0 Å². The zero-order valence-corrected chi connectivity index (χ0v) is 8.96. The molecule has 0 aromatic rings. The molecule has 6 nitrogen and oxygen atoms in total. The van der Waals surface area contributed by atoms with Crippen LogP contribution in [0.15, 0.2) is 0 Å². The average molecular weight is 271 g/mol.